The maximum absolute atomic E-state index is 12.8. The van der Waals surface area contributed by atoms with Crippen LogP contribution in [0.3, 0.4) is 0 Å². The van der Waals surface area contributed by atoms with Crippen LogP contribution in [0.5, 0.6) is 5.75 Å². The molecule has 0 aromatic heterocycles. The minimum absolute atomic E-state index is 0.226. The molecule has 2 aromatic carbocycles. The molecule has 0 bridgehead atoms. The van der Waals surface area contributed by atoms with Crippen molar-refractivity contribution in [1.82, 2.24) is 5.32 Å². The van der Waals surface area contributed by atoms with Crippen molar-refractivity contribution in [2.24, 2.45) is 0 Å². The Morgan fingerprint density at radius 2 is 1.86 bits per heavy atom. The van der Waals surface area contributed by atoms with Gasteiger partial charge in [0.05, 0.1) is 17.2 Å². The number of hydrogen-bond acceptors (Lipinski definition) is 3. The second kappa shape index (κ2) is 10.1. The van der Waals surface area contributed by atoms with Gasteiger partial charge >= 0.3 is 6.18 Å². The topological polar surface area (TPSA) is 47.6 Å². The van der Waals surface area contributed by atoms with E-state index in [1.807, 2.05) is 0 Å². The van der Waals surface area contributed by atoms with Crippen LogP contribution in [-0.2, 0) is 22.3 Å². The third-order valence-electron chi connectivity index (χ3n) is 3.67. The molecule has 0 fully saturated rings. The third kappa shape index (κ3) is 6.90. The summed E-state index contributed by atoms with van der Waals surface area (Å²) in [5.41, 5.74) is 0.140. The molecule has 1 amide bonds. The van der Waals surface area contributed by atoms with Crippen molar-refractivity contribution in [3.8, 4) is 5.75 Å². The molecular weight excluding hydrogens is 395 g/mol. The number of halogens is 4. The maximum Gasteiger partial charge on any atom is 0.417 e. The van der Waals surface area contributed by atoms with E-state index in [4.69, 9.17) is 21.1 Å². The number of methoxy groups -OCH3 is 1. The van der Waals surface area contributed by atoms with Crippen LogP contribution in [0.4, 0.5) is 13.2 Å². The summed E-state index contributed by atoms with van der Waals surface area (Å²) in [6.07, 6.45) is -2.08. The highest BCUT2D eigenvalue weighted by Gasteiger charge is 2.33. The molecule has 150 valence electrons. The van der Waals surface area contributed by atoms with E-state index >= 15 is 0 Å². The van der Waals surface area contributed by atoms with Crippen LogP contribution in [0.25, 0.3) is 6.08 Å². The minimum Gasteiger partial charge on any atom is -0.491 e. The summed E-state index contributed by atoms with van der Waals surface area (Å²) in [5.74, 6) is 0.263. The molecule has 2 rings (SSSR count). The molecule has 0 saturated carbocycles. The van der Waals surface area contributed by atoms with Gasteiger partial charge in [0.25, 0.3) is 0 Å². The summed E-state index contributed by atoms with van der Waals surface area (Å²) in [6, 6.07) is 10.6. The molecule has 0 heterocycles. The van der Waals surface area contributed by atoms with E-state index in [1.165, 1.54) is 18.2 Å². The standard InChI is InChI=1S/C20H19ClF3NO3/c1-27-10-11-28-16-6-2-15(3-7-16)13-25-19(26)9-5-14-4-8-18(21)17(12-14)20(22,23)24/h2-9,12H,10-11,13H2,1H3,(H,25,26)/b9-5+. The third-order valence-corrected chi connectivity index (χ3v) is 4.00. The van der Waals surface area contributed by atoms with Crippen molar-refractivity contribution >= 4 is 23.6 Å². The van der Waals surface area contributed by atoms with Gasteiger partial charge in [0.2, 0.25) is 5.91 Å². The lowest BCUT2D eigenvalue weighted by Gasteiger charge is -2.09. The number of nitrogens with one attached hydrogen (secondary N) is 1. The monoisotopic (exact) mass is 413 g/mol. The smallest absolute Gasteiger partial charge is 0.417 e. The van der Waals surface area contributed by atoms with Crippen LogP contribution in [-0.4, -0.2) is 26.2 Å². The SMILES string of the molecule is COCCOc1ccc(CNC(=O)/C=C/c2ccc(Cl)c(C(F)(F)F)c2)cc1. The van der Waals surface area contributed by atoms with Crippen molar-refractivity contribution in [3.63, 3.8) is 0 Å². The lowest BCUT2D eigenvalue weighted by atomic mass is 10.1. The van der Waals surface area contributed by atoms with Crippen LogP contribution in [0, 0.1) is 0 Å². The van der Waals surface area contributed by atoms with E-state index in [2.05, 4.69) is 5.32 Å². The fourth-order valence-electron chi connectivity index (χ4n) is 2.23. The van der Waals surface area contributed by atoms with Gasteiger partial charge in [0, 0.05) is 19.7 Å². The Morgan fingerprint density at radius 3 is 2.50 bits per heavy atom. The highest BCUT2D eigenvalue weighted by molar-refractivity contribution is 6.31. The van der Waals surface area contributed by atoms with Crippen molar-refractivity contribution in [3.05, 3.63) is 70.3 Å². The summed E-state index contributed by atoms with van der Waals surface area (Å²) in [5, 5.41) is 2.28. The zero-order valence-electron chi connectivity index (χ0n) is 15.1. The highest BCUT2D eigenvalue weighted by Crippen LogP contribution is 2.35. The number of rotatable bonds is 8. The zero-order valence-corrected chi connectivity index (χ0v) is 15.8. The Bertz CT molecular complexity index is 820. The van der Waals surface area contributed by atoms with Crippen LogP contribution in [0.1, 0.15) is 16.7 Å². The second-order valence-corrected chi connectivity index (χ2v) is 6.18. The molecule has 0 spiro atoms. The molecule has 28 heavy (non-hydrogen) atoms. The van der Waals surface area contributed by atoms with Crippen LogP contribution < -0.4 is 10.1 Å². The average molecular weight is 414 g/mol. The molecule has 0 radical (unpaired) electrons. The minimum atomic E-state index is -4.55. The molecule has 8 heteroatoms. The van der Waals surface area contributed by atoms with Gasteiger partial charge in [-0.1, -0.05) is 29.8 Å². The van der Waals surface area contributed by atoms with E-state index in [0.717, 1.165) is 17.7 Å². The van der Waals surface area contributed by atoms with Crippen molar-refractivity contribution < 1.29 is 27.4 Å². The Morgan fingerprint density at radius 1 is 1.14 bits per heavy atom. The van der Waals surface area contributed by atoms with Crippen LogP contribution in [0.2, 0.25) is 5.02 Å². The summed E-state index contributed by atoms with van der Waals surface area (Å²) in [4.78, 5) is 11.9. The lowest BCUT2D eigenvalue weighted by Crippen LogP contribution is -2.20. The molecule has 1 N–H and O–H groups in total. The van der Waals surface area contributed by atoms with Gasteiger partial charge in [-0.15, -0.1) is 0 Å². The first kappa shape index (κ1) is 21.8. The van der Waals surface area contributed by atoms with Crippen LogP contribution >= 0.6 is 11.6 Å². The van der Waals surface area contributed by atoms with Crippen LogP contribution in [0.15, 0.2) is 48.5 Å². The number of carbonyl (C=O) groups is 1. The molecule has 0 aliphatic heterocycles. The van der Waals surface area contributed by atoms with E-state index < -0.39 is 17.6 Å². The predicted octanol–water partition coefficient (Wildman–Crippen LogP) is 4.71. The maximum atomic E-state index is 12.8. The van der Waals surface area contributed by atoms with E-state index in [0.29, 0.717) is 19.0 Å². The number of benzene rings is 2. The normalized spacial score (nSPS) is 11.6. The van der Waals surface area contributed by atoms with Gasteiger partial charge in [-0.05, 0) is 41.5 Å². The second-order valence-electron chi connectivity index (χ2n) is 5.77. The van der Waals surface area contributed by atoms with Gasteiger partial charge in [-0.3, -0.25) is 4.79 Å². The summed E-state index contributed by atoms with van der Waals surface area (Å²) in [6.45, 7) is 1.20. The quantitative estimate of drug-likeness (QED) is 0.503. The first-order valence-electron chi connectivity index (χ1n) is 8.33. The fourth-order valence-corrected chi connectivity index (χ4v) is 2.45. The lowest BCUT2D eigenvalue weighted by molar-refractivity contribution is -0.137. The van der Waals surface area contributed by atoms with Gasteiger partial charge in [0.1, 0.15) is 12.4 Å². The molecule has 0 aliphatic carbocycles. The fraction of sp³-hybridized carbons (Fsp3) is 0.250. The predicted molar refractivity (Wildman–Crippen MR) is 101 cm³/mol. The molecule has 0 aliphatic rings. The van der Waals surface area contributed by atoms with Crippen molar-refractivity contribution in [1.29, 1.82) is 0 Å². The van der Waals surface area contributed by atoms with Gasteiger partial charge in [-0.2, -0.15) is 13.2 Å². The Balaban J connectivity index is 1.89. The van der Waals surface area contributed by atoms with E-state index in [1.54, 1.807) is 31.4 Å². The number of ether oxygens (including phenoxy) is 2. The van der Waals surface area contributed by atoms with Crippen molar-refractivity contribution in [2.75, 3.05) is 20.3 Å². The number of alkyl halides is 3. The van der Waals surface area contributed by atoms with E-state index in [9.17, 15) is 18.0 Å². The van der Waals surface area contributed by atoms with Gasteiger partial charge < -0.3 is 14.8 Å². The largest absolute Gasteiger partial charge is 0.491 e. The average Bonchev–Trinajstić information content (AvgIpc) is 2.66. The molecular formula is C20H19ClF3NO3. The molecule has 0 unspecified atom stereocenters. The Kier molecular flexibility index (Phi) is 7.90. The number of carbonyl (C=O) groups excluding carboxylic acids is 1. The first-order chi connectivity index (χ1) is 13.3. The number of hydrogen-bond donors (Lipinski definition) is 1. The molecule has 0 saturated heterocycles. The van der Waals surface area contributed by atoms with Crippen molar-refractivity contribution in [2.45, 2.75) is 12.7 Å². The molecule has 4 nitrogen and oxygen atoms in total. The molecule has 0 atom stereocenters. The highest BCUT2D eigenvalue weighted by atomic mass is 35.5. The Hall–Kier alpha value is -2.51. The first-order valence-corrected chi connectivity index (χ1v) is 8.70. The summed E-state index contributed by atoms with van der Waals surface area (Å²) in [7, 11) is 1.59. The van der Waals surface area contributed by atoms with Gasteiger partial charge in [-0.25, -0.2) is 0 Å². The summed E-state index contributed by atoms with van der Waals surface area (Å²) < 4.78 is 48.9. The molecule has 2 aromatic rings. The zero-order chi connectivity index (χ0) is 20.6. The van der Waals surface area contributed by atoms with Gasteiger partial charge in [0.15, 0.2) is 0 Å². The van der Waals surface area contributed by atoms with E-state index in [-0.39, 0.29) is 17.1 Å². The number of amides is 1. The Labute approximate surface area is 165 Å². The summed E-state index contributed by atoms with van der Waals surface area (Å²) >= 11 is 5.57.